The van der Waals surface area contributed by atoms with Crippen LogP contribution in [0.1, 0.15) is 11.3 Å². The van der Waals surface area contributed by atoms with Gasteiger partial charge in [-0.05, 0) is 44.2 Å². The first kappa shape index (κ1) is 16.0. The number of benzene rings is 2. The van der Waals surface area contributed by atoms with Gasteiger partial charge in [0.25, 0.3) is 5.89 Å². The van der Waals surface area contributed by atoms with E-state index in [1.807, 2.05) is 62.4 Å². The molecule has 0 atom stereocenters. The highest BCUT2D eigenvalue weighted by Gasteiger charge is 2.18. The second-order valence-corrected chi connectivity index (χ2v) is 5.93. The van der Waals surface area contributed by atoms with Gasteiger partial charge in [0.05, 0.1) is 18.5 Å². The average Bonchev–Trinajstić information content (AvgIpc) is 3.29. The Hall–Kier alpha value is -3.48. The van der Waals surface area contributed by atoms with Crippen LogP contribution >= 0.6 is 0 Å². The van der Waals surface area contributed by atoms with E-state index in [9.17, 15) is 0 Å². The van der Waals surface area contributed by atoms with Gasteiger partial charge in [0.15, 0.2) is 5.69 Å². The molecule has 0 spiro atoms. The highest BCUT2D eigenvalue weighted by Crippen LogP contribution is 2.26. The summed E-state index contributed by atoms with van der Waals surface area (Å²) >= 11 is 0. The van der Waals surface area contributed by atoms with Crippen molar-refractivity contribution in [2.24, 2.45) is 0 Å². The molecule has 0 aliphatic heterocycles. The third-order valence-electron chi connectivity index (χ3n) is 4.13. The van der Waals surface area contributed by atoms with Gasteiger partial charge >= 0.3 is 0 Å². The lowest BCUT2D eigenvalue weighted by molar-refractivity contribution is 0.413. The van der Waals surface area contributed by atoms with Crippen LogP contribution in [-0.2, 0) is 0 Å². The molecular formula is C19H17N5O2. The molecule has 2 heterocycles. The summed E-state index contributed by atoms with van der Waals surface area (Å²) in [5.41, 5.74) is 4.33. The minimum absolute atomic E-state index is 0.402. The molecule has 7 nitrogen and oxygen atoms in total. The van der Waals surface area contributed by atoms with Crippen LogP contribution in [0.25, 0.3) is 28.7 Å². The van der Waals surface area contributed by atoms with Crippen molar-refractivity contribution in [2.75, 3.05) is 7.11 Å². The van der Waals surface area contributed by atoms with E-state index in [1.54, 1.807) is 11.8 Å². The lowest BCUT2D eigenvalue weighted by Crippen LogP contribution is -1.99. The summed E-state index contributed by atoms with van der Waals surface area (Å²) in [6.45, 7) is 3.97. The summed E-state index contributed by atoms with van der Waals surface area (Å²) in [5.74, 6) is 1.53. The van der Waals surface area contributed by atoms with Gasteiger partial charge < -0.3 is 9.26 Å². The summed E-state index contributed by atoms with van der Waals surface area (Å²) in [5, 5.41) is 12.5. The molecule has 0 aliphatic carbocycles. The maximum absolute atomic E-state index is 5.40. The van der Waals surface area contributed by atoms with Crippen molar-refractivity contribution in [3.8, 4) is 34.4 Å². The normalized spacial score (nSPS) is 10.9. The predicted octanol–water partition coefficient (Wildman–Crippen LogP) is 3.61. The first-order valence-corrected chi connectivity index (χ1v) is 8.13. The van der Waals surface area contributed by atoms with Crippen molar-refractivity contribution >= 4 is 0 Å². The van der Waals surface area contributed by atoms with Gasteiger partial charge in [-0.3, -0.25) is 0 Å². The molecule has 0 amide bonds. The lowest BCUT2D eigenvalue weighted by atomic mass is 10.2. The van der Waals surface area contributed by atoms with Crippen molar-refractivity contribution in [1.29, 1.82) is 0 Å². The smallest absolute Gasteiger partial charge is 0.258 e. The van der Waals surface area contributed by atoms with Crippen molar-refractivity contribution in [1.82, 2.24) is 25.1 Å². The van der Waals surface area contributed by atoms with Crippen LogP contribution < -0.4 is 4.74 Å². The Balaban J connectivity index is 1.69. The molecular weight excluding hydrogens is 330 g/mol. The molecule has 130 valence electrons. The van der Waals surface area contributed by atoms with E-state index >= 15 is 0 Å². The molecule has 4 rings (SSSR count). The fourth-order valence-electron chi connectivity index (χ4n) is 2.66. The molecule has 0 bridgehead atoms. The molecule has 0 unspecified atom stereocenters. The number of hydrogen-bond acceptors (Lipinski definition) is 6. The van der Waals surface area contributed by atoms with E-state index in [0.29, 0.717) is 17.4 Å². The first-order chi connectivity index (χ1) is 12.7. The molecule has 7 heteroatoms. The second kappa shape index (κ2) is 6.44. The largest absolute Gasteiger partial charge is 0.497 e. The second-order valence-electron chi connectivity index (χ2n) is 5.93. The highest BCUT2D eigenvalue weighted by atomic mass is 16.5. The Morgan fingerprint density at radius 2 is 1.85 bits per heavy atom. The average molecular weight is 347 g/mol. The molecule has 26 heavy (non-hydrogen) atoms. The molecule has 0 fully saturated rings. The quantitative estimate of drug-likeness (QED) is 0.561. The number of ether oxygens (including phenoxy) is 1. The van der Waals surface area contributed by atoms with Crippen LogP contribution in [0, 0.1) is 13.8 Å². The van der Waals surface area contributed by atoms with Gasteiger partial charge in [-0.25, -0.2) is 4.68 Å². The van der Waals surface area contributed by atoms with Crippen LogP contribution in [-0.4, -0.2) is 32.2 Å². The summed E-state index contributed by atoms with van der Waals surface area (Å²) in [6.07, 6.45) is 0. The third kappa shape index (κ3) is 2.83. The number of rotatable bonds is 4. The van der Waals surface area contributed by atoms with E-state index in [-0.39, 0.29) is 0 Å². The zero-order valence-electron chi connectivity index (χ0n) is 14.7. The van der Waals surface area contributed by atoms with Crippen LogP contribution in [0.4, 0.5) is 0 Å². The molecule has 0 saturated heterocycles. The van der Waals surface area contributed by atoms with Crippen LogP contribution in [0.5, 0.6) is 5.75 Å². The zero-order valence-corrected chi connectivity index (χ0v) is 14.7. The predicted molar refractivity (Wildman–Crippen MR) is 96.1 cm³/mol. The fraction of sp³-hybridized carbons (Fsp3) is 0.158. The Morgan fingerprint density at radius 1 is 1.04 bits per heavy atom. The Labute approximate surface area is 150 Å². The van der Waals surface area contributed by atoms with E-state index < -0.39 is 0 Å². The molecule has 0 N–H and O–H groups in total. The van der Waals surface area contributed by atoms with Gasteiger partial charge in [-0.2, -0.15) is 4.98 Å². The number of aryl methyl sites for hydroxylation is 1. The standard InChI is InChI=1S/C19H17N5O2/c1-12-7-9-15(10-8-12)24-13(2)17(21-23-24)18-20-19(26-22-18)14-5-4-6-16(11-14)25-3/h4-11H,1-3H3. The van der Waals surface area contributed by atoms with Crippen molar-refractivity contribution in [3.63, 3.8) is 0 Å². The molecule has 2 aromatic heterocycles. The van der Waals surface area contributed by atoms with Gasteiger partial charge in [-0.15, -0.1) is 5.10 Å². The summed E-state index contributed by atoms with van der Waals surface area (Å²) in [4.78, 5) is 4.46. The minimum Gasteiger partial charge on any atom is -0.497 e. The maximum Gasteiger partial charge on any atom is 0.258 e. The molecule has 4 aromatic rings. The lowest BCUT2D eigenvalue weighted by Gasteiger charge is -2.03. The van der Waals surface area contributed by atoms with Gasteiger partial charge in [0, 0.05) is 5.56 Å². The number of aromatic nitrogens is 5. The Morgan fingerprint density at radius 3 is 2.62 bits per heavy atom. The Bertz CT molecular complexity index is 1050. The monoisotopic (exact) mass is 347 g/mol. The first-order valence-electron chi connectivity index (χ1n) is 8.13. The van der Waals surface area contributed by atoms with Gasteiger partial charge in [0.2, 0.25) is 5.82 Å². The van der Waals surface area contributed by atoms with E-state index in [0.717, 1.165) is 22.7 Å². The van der Waals surface area contributed by atoms with Crippen LogP contribution in [0.3, 0.4) is 0 Å². The van der Waals surface area contributed by atoms with Crippen molar-refractivity contribution in [3.05, 3.63) is 59.8 Å². The van der Waals surface area contributed by atoms with Crippen LogP contribution in [0.15, 0.2) is 53.1 Å². The summed E-state index contributed by atoms with van der Waals surface area (Å²) < 4.78 is 12.4. The topological polar surface area (TPSA) is 78.9 Å². The summed E-state index contributed by atoms with van der Waals surface area (Å²) in [7, 11) is 1.62. The fourth-order valence-corrected chi connectivity index (χ4v) is 2.66. The summed E-state index contributed by atoms with van der Waals surface area (Å²) in [6, 6.07) is 15.5. The Kier molecular flexibility index (Phi) is 3.96. The van der Waals surface area contributed by atoms with Crippen molar-refractivity contribution < 1.29 is 9.26 Å². The molecule has 0 saturated carbocycles. The minimum atomic E-state index is 0.402. The maximum atomic E-state index is 5.40. The van der Waals surface area contributed by atoms with Crippen molar-refractivity contribution in [2.45, 2.75) is 13.8 Å². The molecule has 2 aromatic carbocycles. The molecule has 0 radical (unpaired) electrons. The van der Waals surface area contributed by atoms with Crippen LogP contribution in [0.2, 0.25) is 0 Å². The highest BCUT2D eigenvalue weighted by molar-refractivity contribution is 5.60. The van der Waals surface area contributed by atoms with Gasteiger partial charge in [0.1, 0.15) is 5.75 Å². The number of nitrogens with zero attached hydrogens (tertiary/aromatic N) is 5. The third-order valence-corrected chi connectivity index (χ3v) is 4.13. The zero-order chi connectivity index (χ0) is 18.1. The van der Waals surface area contributed by atoms with E-state index in [4.69, 9.17) is 9.26 Å². The SMILES string of the molecule is COc1cccc(-c2nc(-c3nnn(-c4ccc(C)cc4)c3C)no2)c1. The van der Waals surface area contributed by atoms with E-state index in [1.165, 1.54) is 5.56 Å². The van der Waals surface area contributed by atoms with E-state index in [2.05, 4.69) is 20.5 Å². The van der Waals surface area contributed by atoms with Gasteiger partial charge in [-0.1, -0.05) is 34.1 Å². The number of hydrogen-bond donors (Lipinski definition) is 0. The number of methoxy groups -OCH3 is 1. The molecule has 0 aliphatic rings.